The summed E-state index contributed by atoms with van der Waals surface area (Å²) in [5, 5.41) is 17.6. The lowest BCUT2D eigenvalue weighted by atomic mass is 10.1. The summed E-state index contributed by atoms with van der Waals surface area (Å²) in [7, 11) is 1.86. The molecular weight excluding hydrogens is 182 g/mol. The lowest BCUT2D eigenvalue weighted by molar-refractivity contribution is 0.727. The van der Waals surface area contributed by atoms with Crippen LogP contribution in [0.25, 0.3) is 0 Å². The van der Waals surface area contributed by atoms with Crippen molar-refractivity contribution in [1.29, 1.82) is 0 Å². The molecule has 0 aliphatic rings. The summed E-state index contributed by atoms with van der Waals surface area (Å²) < 4.78 is 1.76. The van der Waals surface area contributed by atoms with Crippen molar-refractivity contribution in [2.24, 2.45) is 12.8 Å². The van der Waals surface area contributed by atoms with Gasteiger partial charge in [-0.25, -0.2) is 0 Å². The fraction of sp³-hybridized carbons (Fsp3) is 0.429. The van der Waals surface area contributed by atoms with Gasteiger partial charge < -0.3 is 5.73 Å². The lowest BCUT2D eigenvalue weighted by Gasteiger charge is -2.05. The normalized spacial score (nSPS) is 13.1. The van der Waals surface area contributed by atoms with Gasteiger partial charge in [0.25, 0.3) is 0 Å². The summed E-state index contributed by atoms with van der Waals surface area (Å²) in [5.74, 6) is 0.473. The highest BCUT2D eigenvalue weighted by atomic mass is 15.5. The second-order valence-electron chi connectivity index (χ2n) is 3.06. The molecule has 0 fully saturated rings. The van der Waals surface area contributed by atoms with Crippen molar-refractivity contribution in [2.45, 2.75) is 13.0 Å². The Labute approximate surface area is 80.3 Å². The zero-order valence-electron chi connectivity index (χ0n) is 7.97. The van der Waals surface area contributed by atoms with Crippen LogP contribution in [0.4, 0.5) is 0 Å². The highest BCUT2D eigenvalue weighted by Gasteiger charge is 2.17. The average Bonchev–Trinajstić information content (AvgIpc) is 2.77. The Morgan fingerprint density at radius 3 is 2.86 bits per heavy atom. The number of aryl methyl sites for hydroxylation is 1. The summed E-state index contributed by atoms with van der Waals surface area (Å²) in [4.78, 5) is 0. The SMILES string of the molecule is Cc1c(C(N)c2nn[nH]n2)cnn1C. The quantitative estimate of drug-likeness (QED) is 0.656. The first kappa shape index (κ1) is 8.82. The van der Waals surface area contributed by atoms with E-state index < -0.39 is 0 Å². The molecule has 7 nitrogen and oxygen atoms in total. The van der Waals surface area contributed by atoms with E-state index in [-0.39, 0.29) is 6.04 Å². The molecule has 2 rings (SSSR count). The number of aromatic nitrogens is 6. The summed E-state index contributed by atoms with van der Waals surface area (Å²) in [6, 6.07) is -0.373. The predicted molar refractivity (Wildman–Crippen MR) is 48.2 cm³/mol. The molecule has 2 aromatic rings. The molecule has 0 spiro atoms. The summed E-state index contributed by atoms with van der Waals surface area (Å²) in [6.45, 7) is 1.95. The highest BCUT2D eigenvalue weighted by Crippen LogP contribution is 2.17. The van der Waals surface area contributed by atoms with Crippen LogP contribution in [0, 0.1) is 6.92 Å². The first-order valence-electron chi connectivity index (χ1n) is 4.17. The van der Waals surface area contributed by atoms with Gasteiger partial charge in [-0.05, 0) is 6.92 Å². The standard InChI is InChI=1S/C7H11N7/c1-4-5(3-9-14(4)2)6(8)7-10-12-13-11-7/h3,6H,8H2,1-2H3,(H,10,11,12,13). The van der Waals surface area contributed by atoms with E-state index in [0.717, 1.165) is 11.3 Å². The number of nitrogens with zero attached hydrogens (tertiary/aromatic N) is 5. The van der Waals surface area contributed by atoms with Crippen LogP contribution in [0.3, 0.4) is 0 Å². The Kier molecular flexibility index (Phi) is 2.01. The van der Waals surface area contributed by atoms with Crippen molar-refractivity contribution < 1.29 is 0 Å². The second-order valence-corrected chi connectivity index (χ2v) is 3.06. The monoisotopic (exact) mass is 193 g/mol. The van der Waals surface area contributed by atoms with Crippen molar-refractivity contribution in [1.82, 2.24) is 30.4 Å². The maximum Gasteiger partial charge on any atom is 0.195 e. The van der Waals surface area contributed by atoms with Crippen LogP contribution in [0.1, 0.15) is 23.1 Å². The highest BCUT2D eigenvalue weighted by molar-refractivity contribution is 5.24. The van der Waals surface area contributed by atoms with Crippen molar-refractivity contribution in [3.63, 3.8) is 0 Å². The molecule has 2 aromatic heterocycles. The van der Waals surface area contributed by atoms with Gasteiger partial charge in [-0.2, -0.15) is 10.3 Å². The van der Waals surface area contributed by atoms with Crippen molar-refractivity contribution in [3.05, 3.63) is 23.3 Å². The molecule has 0 saturated carbocycles. The Morgan fingerprint density at radius 1 is 1.57 bits per heavy atom. The van der Waals surface area contributed by atoms with Gasteiger partial charge in [0.15, 0.2) is 5.82 Å². The molecule has 1 unspecified atom stereocenters. The van der Waals surface area contributed by atoms with Gasteiger partial charge in [0.2, 0.25) is 0 Å². The van der Waals surface area contributed by atoms with Crippen LogP contribution in [0.5, 0.6) is 0 Å². The first-order valence-corrected chi connectivity index (χ1v) is 4.17. The van der Waals surface area contributed by atoms with Crippen LogP contribution >= 0.6 is 0 Å². The zero-order chi connectivity index (χ0) is 10.1. The fourth-order valence-corrected chi connectivity index (χ4v) is 1.26. The van der Waals surface area contributed by atoms with Gasteiger partial charge in [0.05, 0.1) is 12.2 Å². The molecule has 0 amide bonds. The van der Waals surface area contributed by atoms with Gasteiger partial charge >= 0.3 is 0 Å². The minimum Gasteiger partial charge on any atom is -0.317 e. The van der Waals surface area contributed by atoms with E-state index >= 15 is 0 Å². The molecule has 0 saturated heterocycles. The lowest BCUT2D eigenvalue weighted by Crippen LogP contribution is -2.14. The molecule has 0 aromatic carbocycles. The van der Waals surface area contributed by atoms with Gasteiger partial charge in [-0.1, -0.05) is 5.21 Å². The molecular formula is C7H11N7. The summed E-state index contributed by atoms with van der Waals surface area (Å²) >= 11 is 0. The van der Waals surface area contributed by atoms with E-state index in [1.54, 1.807) is 10.9 Å². The van der Waals surface area contributed by atoms with Gasteiger partial charge in [-0.15, -0.1) is 10.2 Å². The average molecular weight is 193 g/mol. The Hall–Kier alpha value is -1.76. The number of aromatic amines is 1. The molecule has 2 heterocycles. The van der Waals surface area contributed by atoms with Crippen molar-refractivity contribution in [2.75, 3.05) is 0 Å². The zero-order valence-corrected chi connectivity index (χ0v) is 7.97. The number of hydrogen-bond acceptors (Lipinski definition) is 5. The number of H-pyrrole nitrogens is 1. The maximum absolute atomic E-state index is 5.94. The molecule has 0 aliphatic heterocycles. The molecule has 3 N–H and O–H groups in total. The largest absolute Gasteiger partial charge is 0.317 e. The van der Waals surface area contributed by atoms with Gasteiger partial charge in [0.1, 0.15) is 0 Å². The van der Waals surface area contributed by atoms with Gasteiger partial charge in [0, 0.05) is 18.3 Å². The van der Waals surface area contributed by atoms with Crippen LogP contribution < -0.4 is 5.73 Å². The van der Waals surface area contributed by atoms with Crippen LogP contribution in [0.15, 0.2) is 6.20 Å². The third-order valence-corrected chi connectivity index (χ3v) is 2.25. The number of tetrazole rings is 1. The van der Waals surface area contributed by atoms with Gasteiger partial charge in [-0.3, -0.25) is 4.68 Å². The molecule has 14 heavy (non-hydrogen) atoms. The first-order chi connectivity index (χ1) is 6.70. The van der Waals surface area contributed by atoms with E-state index in [1.165, 1.54) is 0 Å². The van der Waals surface area contributed by atoms with E-state index in [1.807, 2.05) is 14.0 Å². The van der Waals surface area contributed by atoms with E-state index in [2.05, 4.69) is 25.7 Å². The molecule has 7 heteroatoms. The number of rotatable bonds is 2. The van der Waals surface area contributed by atoms with Crippen LogP contribution in [0.2, 0.25) is 0 Å². The number of nitrogens with one attached hydrogen (secondary N) is 1. The summed E-state index contributed by atoms with van der Waals surface area (Å²) in [5.41, 5.74) is 7.85. The van der Waals surface area contributed by atoms with Crippen LogP contribution in [-0.4, -0.2) is 30.4 Å². The summed E-state index contributed by atoms with van der Waals surface area (Å²) in [6.07, 6.45) is 1.72. The minimum absolute atomic E-state index is 0.373. The van der Waals surface area contributed by atoms with E-state index in [0.29, 0.717) is 5.82 Å². The molecule has 0 aliphatic carbocycles. The van der Waals surface area contributed by atoms with E-state index in [9.17, 15) is 0 Å². The van der Waals surface area contributed by atoms with E-state index in [4.69, 9.17) is 5.73 Å². The van der Waals surface area contributed by atoms with Crippen molar-refractivity contribution in [3.8, 4) is 0 Å². The molecule has 74 valence electrons. The molecule has 1 atom stereocenters. The minimum atomic E-state index is -0.373. The predicted octanol–water partition coefficient (Wildman–Crippen LogP) is -0.710. The third-order valence-electron chi connectivity index (χ3n) is 2.25. The molecule has 0 bridgehead atoms. The fourth-order valence-electron chi connectivity index (χ4n) is 1.26. The maximum atomic E-state index is 5.94. The van der Waals surface area contributed by atoms with Crippen molar-refractivity contribution >= 4 is 0 Å². The Morgan fingerprint density at radius 2 is 2.36 bits per heavy atom. The molecule has 0 radical (unpaired) electrons. The smallest absolute Gasteiger partial charge is 0.195 e. The van der Waals surface area contributed by atoms with Crippen LogP contribution in [-0.2, 0) is 7.05 Å². The Bertz CT molecular complexity index is 415. The second kappa shape index (κ2) is 3.18. The number of nitrogens with two attached hydrogens (primary N) is 1. The number of hydrogen-bond donors (Lipinski definition) is 2. The Balaban J connectivity index is 2.36. The topological polar surface area (TPSA) is 98.3 Å². The third kappa shape index (κ3) is 1.27.